The van der Waals surface area contributed by atoms with E-state index < -0.39 is 67.9 Å². The molecule has 4 heterocycles. The van der Waals surface area contributed by atoms with E-state index in [2.05, 4.69) is 0 Å². The zero-order chi connectivity index (χ0) is 35.3. The Labute approximate surface area is 285 Å². The van der Waals surface area contributed by atoms with Gasteiger partial charge in [-0.2, -0.15) is 0 Å². The van der Waals surface area contributed by atoms with Gasteiger partial charge in [0.1, 0.15) is 55.1 Å². The molecule has 9 unspecified atom stereocenters. The first-order valence-corrected chi connectivity index (χ1v) is 15.8. The minimum absolute atomic E-state index is 0.0798. The van der Waals surface area contributed by atoms with Crippen LogP contribution in [-0.4, -0.2) is 130 Å². The van der Waals surface area contributed by atoms with Crippen LogP contribution in [0.1, 0.15) is 15.9 Å². The minimum atomic E-state index is -1.64. The Morgan fingerprint density at radius 1 is 0.800 bits per heavy atom. The van der Waals surface area contributed by atoms with E-state index in [4.69, 9.17) is 52.1 Å². The summed E-state index contributed by atoms with van der Waals surface area (Å²) in [6.07, 6.45) is -11.3. The van der Waals surface area contributed by atoms with Gasteiger partial charge in [0.25, 0.3) is 0 Å². The van der Waals surface area contributed by atoms with Crippen molar-refractivity contribution in [3.63, 3.8) is 0 Å². The molecule has 3 aromatic carbocycles. The van der Waals surface area contributed by atoms with Crippen molar-refractivity contribution in [2.45, 2.75) is 61.9 Å². The fraction of sp³-hybridized carbons (Fsp3) is 0.500. The van der Waals surface area contributed by atoms with Gasteiger partial charge in [0.15, 0.2) is 29.3 Å². The molecule has 7 rings (SSSR count). The number of esters is 1. The molecule has 270 valence electrons. The molecule has 0 spiro atoms. The van der Waals surface area contributed by atoms with Gasteiger partial charge in [0, 0.05) is 30.7 Å². The second kappa shape index (κ2) is 14.0. The Balaban J connectivity index is 1.27. The molecule has 16 heteroatoms. The number of aliphatic hydroxyl groups is 4. The molecule has 0 aliphatic carbocycles. The van der Waals surface area contributed by atoms with Crippen molar-refractivity contribution in [3.05, 3.63) is 41.5 Å². The van der Waals surface area contributed by atoms with E-state index in [9.17, 15) is 25.2 Å². The van der Waals surface area contributed by atoms with Gasteiger partial charge >= 0.3 is 5.97 Å². The van der Waals surface area contributed by atoms with E-state index >= 15 is 0 Å². The third-order valence-electron chi connectivity index (χ3n) is 9.40. The summed E-state index contributed by atoms with van der Waals surface area (Å²) in [5.74, 6) is 1.66. The minimum Gasteiger partial charge on any atom is -0.493 e. The molecule has 0 saturated carbocycles. The van der Waals surface area contributed by atoms with Gasteiger partial charge in [-0.05, 0) is 35.2 Å². The lowest BCUT2D eigenvalue weighted by molar-refractivity contribution is -0.341. The molecule has 16 nitrogen and oxygen atoms in total. The van der Waals surface area contributed by atoms with Crippen LogP contribution < -0.4 is 23.7 Å². The number of fused-ring (bicyclic) bond motifs is 3. The van der Waals surface area contributed by atoms with Gasteiger partial charge < -0.3 is 72.5 Å². The second-order valence-electron chi connectivity index (χ2n) is 12.0. The number of cyclic esters (lactones) is 1. The highest BCUT2D eigenvalue weighted by molar-refractivity contribution is 6.14. The maximum absolute atomic E-state index is 13.5. The number of aliphatic hydroxyl groups excluding tert-OH is 4. The van der Waals surface area contributed by atoms with Crippen molar-refractivity contribution >= 4 is 16.7 Å². The molecule has 2 fully saturated rings. The Morgan fingerprint density at radius 3 is 2.22 bits per heavy atom. The SMILES string of the molecule is COc1cc2c(OC3OCC(OC4OC(CO)C(O)C(O)C4O)C(OC)C3OC)c3c(c(-c4ccc5c(c4)OCO5)c2cc1OC)C(=O)OC3. The average Bonchev–Trinajstić information content (AvgIpc) is 3.77. The Hall–Kier alpha value is -3.97. The second-order valence-corrected chi connectivity index (χ2v) is 12.0. The molecule has 9 atom stereocenters. The van der Waals surface area contributed by atoms with Crippen molar-refractivity contribution in [2.24, 2.45) is 0 Å². The summed E-state index contributed by atoms with van der Waals surface area (Å²) in [6, 6.07) is 8.89. The summed E-state index contributed by atoms with van der Waals surface area (Å²) < 4.78 is 63.9. The molecular formula is C34H38O16. The first kappa shape index (κ1) is 34.5. The number of ether oxygens (including phenoxy) is 11. The summed E-state index contributed by atoms with van der Waals surface area (Å²) in [4.78, 5) is 13.5. The summed E-state index contributed by atoms with van der Waals surface area (Å²) in [5.41, 5.74) is 1.99. The topological polar surface area (TPSA) is 200 Å². The Kier molecular flexibility index (Phi) is 9.64. The monoisotopic (exact) mass is 702 g/mol. The lowest BCUT2D eigenvalue weighted by Crippen LogP contribution is -2.63. The Morgan fingerprint density at radius 2 is 1.52 bits per heavy atom. The molecule has 3 aromatic rings. The summed E-state index contributed by atoms with van der Waals surface area (Å²) in [6.45, 7) is -0.784. The van der Waals surface area contributed by atoms with Gasteiger partial charge in [-0.15, -0.1) is 0 Å². The molecule has 0 aromatic heterocycles. The number of hydrogen-bond donors (Lipinski definition) is 4. The molecule has 2 saturated heterocycles. The van der Waals surface area contributed by atoms with Crippen molar-refractivity contribution < 1.29 is 77.3 Å². The van der Waals surface area contributed by atoms with Crippen LogP contribution >= 0.6 is 0 Å². The van der Waals surface area contributed by atoms with Crippen molar-refractivity contribution in [2.75, 3.05) is 48.4 Å². The number of hydrogen-bond acceptors (Lipinski definition) is 16. The lowest BCUT2D eigenvalue weighted by atomic mass is 9.89. The molecule has 0 amide bonds. The quantitative estimate of drug-likeness (QED) is 0.217. The van der Waals surface area contributed by atoms with E-state index in [1.807, 2.05) is 6.07 Å². The molecular weight excluding hydrogens is 664 g/mol. The van der Waals surface area contributed by atoms with Gasteiger partial charge in [-0.3, -0.25) is 0 Å². The summed E-state index contributed by atoms with van der Waals surface area (Å²) in [5, 5.41) is 41.8. The first-order valence-electron chi connectivity index (χ1n) is 15.8. The predicted molar refractivity (Wildman–Crippen MR) is 168 cm³/mol. The Bertz CT molecular complexity index is 1740. The largest absolute Gasteiger partial charge is 0.493 e. The van der Waals surface area contributed by atoms with Gasteiger partial charge in [0.05, 0.1) is 33.0 Å². The zero-order valence-corrected chi connectivity index (χ0v) is 27.6. The standard InChI is InChI=1S/C34H38O16/c1-40-19-8-15-16(9-20(19)41-2)29(17-11-44-32(39)25(17)24(15)14-5-6-18-21(7-14)47-13-46-18)50-34-31(43-4)30(42-3)23(12-45-34)49-33-28(38)27(37)26(36)22(10-35)48-33/h5-9,22-23,26-28,30-31,33-38H,10-13H2,1-4H3. The number of carbonyl (C=O) groups excluding carboxylic acids is 1. The van der Waals surface area contributed by atoms with E-state index in [0.717, 1.165) is 0 Å². The van der Waals surface area contributed by atoms with Crippen LogP contribution in [0.25, 0.3) is 21.9 Å². The van der Waals surface area contributed by atoms with Gasteiger partial charge in [-0.1, -0.05) is 6.07 Å². The molecule has 0 bridgehead atoms. The fourth-order valence-electron chi connectivity index (χ4n) is 6.86. The van der Waals surface area contributed by atoms with E-state index in [0.29, 0.717) is 50.5 Å². The van der Waals surface area contributed by atoms with Crippen LogP contribution in [0.5, 0.6) is 28.7 Å². The van der Waals surface area contributed by atoms with E-state index in [1.54, 1.807) is 24.3 Å². The summed E-state index contributed by atoms with van der Waals surface area (Å²) in [7, 11) is 5.88. The highest BCUT2D eigenvalue weighted by Gasteiger charge is 2.49. The molecule has 50 heavy (non-hydrogen) atoms. The smallest absolute Gasteiger partial charge is 0.339 e. The molecule has 4 N–H and O–H groups in total. The van der Waals surface area contributed by atoms with Crippen molar-refractivity contribution in [1.82, 2.24) is 0 Å². The van der Waals surface area contributed by atoms with Gasteiger partial charge in [0.2, 0.25) is 13.1 Å². The van der Waals surface area contributed by atoms with Crippen LogP contribution in [0.15, 0.2) is 30.3 Å². The molecule has 4 aliphatic rings. The van der Waals surface area contributed by atoms with Crippen LogP contribution in [0.2, 0.25) is 0 Å². The number of carbonyl (C=O) groups is 1. The van der Waals surface area contributed by atoms with Gasteiger partial charge in [-0.25, -0.2) is 4.79 Å². The van der Waals surface area contributed by atoms with Crippen molar-refractivity contribution in [1.29, 1.82) is 0 Å². The molecule has 0 radical (unpaired) electrons. The first-order chi connectivity index (χ1) is 24.2. The van der Waals surface area contributed by atoms with Crippen LogP contribution in [-0.2, 0) is 35.0 Å². The number of rotatable bonds is 10. The fourth-order valence-corrected chi connectivity index (χ4v) is 6.86. The van der Waals surface area contributed by atoms with E-state index in [1.165, 1.54) is 28.4 Å². The number of methoxy groups -OCH3 is 4. The maximum Gasteiger partial charge on any atom is 0.339 e. The van der Waals surface area contributed by atoms with Crippen molar-refractivity contribution in [3.8, 4) is 39.9 Å². The highest BCUT2D eigenvalue weighted by Crippen LogP contribution is 2.50. The number of benzene rings is 3. The predicted octanol–water partition coefficient (Wildman–Crippen LogP) is 0.873. The lowest BCUT2D eigenvalue weighted by Gasteiger charge is -2.45. The normalized spacial score (nSPS) is 30.2. The van der Waals surface area contributed by atoms with Crippen LogP contribution in [0.4, 0.5) is 0 Å². The van der Waals surface area contributed by atoms with Crippen LogP contribution in [0, 0.1) is 0 Å². The third kappa shape index (κ3) is 5.75. The molecule has 4 aliphatic heterocycles. The zero-order valence-electron chi connectivity index (χ0n) is 27.6. The van der Waals surface area contributed by atoms with Crippen LogP contribution in [0.3, 0.4) is 0 Å². The summed E-state index contributed by atoms with van der Waals surface area (Å²) >= 11 is 0. The average molecular weight is 703 g/mol. The highest BCUT2D eigenvalue weighted by atomic mass is 16.7. The third-order valence-corrected chi connectivity index (χ3v) is 9.40. The van der Waals surface area contributed by atoms with E-state index in [-0.39, 0.29) is 31.3 Å². The maximum atomic E-state index is 13.5.